The molecule has 3 aromatic rings. The molecule has 3 rings (SSSR count). The second-order valence-corrected chi connectivity index (χ2v) is 6.08. The molecule has 0 aliphatic heterocycles. The van der Waals surface area contributed by atoms with Crippen molar-refractivity contribution in [2.24, 2.45) is 0 Å². The monoisotopic (exact) mass is 311 g/mol. The van der Waals surface area contributed by atoms with Crippen LogP contribution in [-0.4, -0.2) is 15.7 Å². The fourth-order valence-corrected chi connectivity index (χ4v) is 3.01. The predicted molar refractivity (Wildman–Crippen MR) is 88.1 cm³/mol. The summed E-state index contributed by atoms with van der Waals surface area (Å²) in [4.78, 5) is 13.3. The normalized spacial score (nSPS) is 12.0. The standard InChI is InChI=1S/C17H17N3OS/c1-13(16-4-2-11-22-16)19-17(21)12-14-5-7-15(8-6-14)20-10-3-9-18-20/h2-11,13H,12H2,1H3,(H,19,21)/t13-/m0/s1. The summed E-state index contributed by atoms with van der Waals surface area (Å²) in [7, 11) is 0. The van der Waals surface area contributed by atoms with E-state index >= 15 is 0 Å². The van der Waals surface area contributed by atoms with Crippen molar-refractivity contribution in [1.82, 2.24) is 15.1 Å². The molecule has 22 heavy (non-hydrogen) atoms. The lowest BCUT2D eigenvalue weighted by Crippen LogP contribution is -2.27. The fourth-order valence-electron chi connectivity index (χ4n) is 2.27. The van der Waals surface area contributed by atoms with Crippen LogP contribution in [0.2, 0.25) is 0 Å². The van der Waals surface area contributed by atoms with Gasteiger partial charge < -0.3 is 5.32 Å². The number of aromatic nitrogens is 2. The van der Waals surface area contributed by atoms with Crippen LogP contribution < -0.4 is 5.32 Å². The van der Waals surface area contributed by atoms with Crippen LogP contribution >= 0.6 is 11.3 Å². The third-order valence-corrected chi connectivity index (χ3v) is 4.47. The van der Waals surface area contributed by atoms with Crippen LogP contribution in [0.3, 0.4) is 0 Å². The summed E-state index contributed by atoms with van der Waals surface area (Å²) in [5, 5.41) is 9.23. The number of rotatable bonds is 5. The molecule has 1 amide bonds. The molecule has 0 unspecified atom stereocenters. The zero-order valence-electron chi connectivity index (χ0n) is 12.3. The largest absolute Gasteiger partial charge is 0.348 e. The maximum absolute atomic E-state index is 12.1. The van der Waals surface area contributed by atoms with E-state index in [-0.39, 0.29) is 11.9 Å². The van der Waals surface area contributed by atoms with Crippen molar-refractivity contribution in [2.75, 3.05) is 0 Å². The van der Waals surface area contributed by atoms with E-state index in [1.807, 2.05) is 61.0 Å². The van der Waals surface area contributed by atoms with Gasteiger partial charge >= 0.3 is 0 Å². The second-order valence-electron chi connectivity index (χ2n) is 5.10. The van der Waals surface area contributed by atoms with Gasteiger partial charge in [0.15, 0.2) is 0 Å². The van der Waals surface area contributed by atoms with E-state index in [0.717, 1.165) is 11.3 Å². The van der Waals surface area contributed by atoms with Crippen molar-refractivity contribution in [2.45, 2.75) is 19.4 Å². The maximum atomic E-state index is 12.1. The first kappa shape index (κ1) is 14.5. The maximum Gasteiger partial charge on any atom is 0.224 e. The molecule has 0 bridgehead atoms. The average Bonchev–Trinajstić information content (AvgIpc) is 3.21. The number of thiophene rings is 1. The molecule has 0 aliphatic carbocycles. The van der Waals surface area contributed by atoms with E-state index in [1.165, 1.54) is 4.88 Å². The number of hydrogen-bond acceptors (Lipinski definition) is 3. The summed E-state index contributed by atoms with van der Waals surface area (Å²) in [5.74, 6) is 0.0349. The summed E-state index contributed by atoms with van der Waals surface area (Å²) in [5.41, 5.74) is 1.98. The van der Waals surface area contributed by atoms with Crippen LogP contribution in [0.4, 0.5) is 0 Å². The SMILES string of the molecule is C[C@H](NC(=O)Cc1ccc(-n2cccn2)cc1)c1cccs1. The van der Waals surface area contributed by atoms with Gasteiger partial charge in [0.1, 0.15) is 0 Å². The van der Waals surface area contributed by atoms with Crippen LogP contribution in [0, 0.1) is 0 Å². The predicted octanol–water partition coefficient (Wildman–Crippen LogP) is 3.35. The number of nitrogens with one attached hydrogen (secondary N) is 1. The first-order valence-electron chi connectivity index (χ1n) is 7.14. The lowest BCUT2D eigenvalue weighted by Gasteiger charge is -2.12. The van der Waals surface area contributed by atoms with Gasteiger partial charge in [-0.05, 0) is 42.1 Å². The van der Waals surface area contributed by atoms with E-state index < -0.39 is 0 Å². The summed E-state index contributed by atoms with van der Waals surface area (Å²) < 4.78 is 1.79. The smallest absolute Gasteiger partial charge is 0.224 e. The van der Waals surface area contributed by atoms with Crippen LogP contribution in [0.5, 0.6) is 0 Å². The molecule has 2 heterocycles. The first-order valence-corrected chi connectivity index (χ1v) is 8.02. The minimum atomic E-state index is 0.0349. The lowest BCUT2D eigenvalue weighted by molar-refractivity contribution is -0.121. The summed E-state index contributed by atoms with van der Waals surface area (Å²) in [6, 6.07) is 13.8. The van der Waals surface area contributed by atoms with Crippen LogP contribution in [0.15, 0.2) is 60.2 Å². The molecule has 0 aliphatic rings. The number of hydrogen-bond donors (Lipinski definition) is 1. The van der Waals surface area contributed by atoms with Gasteiger partial charge in [0, 0.05) is 17.3 Å². The zero-order chi connectivity index (χ0) is 15.4. The van der Waals surface area contributed by atoms with Crippen LogP contribution in [0.1, 0.15) is 23.4 Å². The Morgan fingerprint density at radius 3 is 2.73 bits per heavy atom. The fraction of sp³-hybridized carbons (Fsp3) is 0.176. The van der Waals surface area contributed by atoms with E-state index in [1.54, 1.807) is 22.2 Å². The van der Waals surface area contributed by atoms with Crippen molar-refractivity contribution in [3.63, 3.8) is 0 Å². The Hall–Kier alpha value is -2.40. The Balaban J connectivity index is 1.60. The Kier molecular flexibility index (Phi) is 4.34. The molecule has 0 saturated heterocycles. The number of nitrogens with zero attached hydrogens (tertiary/aromatic N) is 2. The molecular formula is C17H17N3OS. The Morgan fingerprint density at radius 1 is 1.27 bits per heavy atom. The highest BCUT2D eigenvalue weighted by molar-refractivity contribution is 7.10. The zero-order valence-corrected chi connectivity index (χ0v) is 13.1. The third kappa shape index (κ3) is 3.43. The molecule has 0 radical (unpaired) electrons. The minimum Gasteiger partial charge on any atom is -0.348 e. The Morgan fingerprint density at radius 2 is 2.09 bits per heavy atom. The molecule has 112 valence electrons. The highest BCUT2D eigenvalue weighted by Crippen LogP contribution is 2.18. The van der Waals surface area contributed by atoms with E-state index in [0.29, 0.717) is 6.42 Å². The van der Waals surface area contributed by atoms with E-state index in [2.05, 4.69) is 10.4 Å². The van der Waals surface area contributed by atoms with Gasteiger partial charge in [-0.25, -0.2) is 4.68 Å². The first-order chi connectivity index (χ1) is 10.7. The van der Waals surface area contributed by atoms with Gasteiger partial charge in [-0.2, -0.15) is 5.10 Å². The number of benzene rings is 1. The van der Waals surface area contributed by atoms with E-state index in [9.17, 15) is 4.79 Å². The molecule has 1 N–H and O–H groups in total. The van der Waals surface area contributed by atoms with Gasteiger partial charge in [0.25, 0.3) is 0 Å². The topological polar surface area (TPSA) is 46.9 Å². The van der Waals surface area contributed by atoms with Crippen molar-refractivity contribution in [3.05, 3.63) is 70.7 Å². The summed E-state index contributed by atoms with van der Waals surface area (Å²) in [6.45, 7) is 2.00. The van der Waals surface area contributed by atoms with Crippen molar-refractivity contribution >= 4 is 17.2 Å². The number of carbonyl (C=O) groups excluding carboxylic acids is 1. The molecule has 1 atom stereocenters. The second kappa shape index (κ2) is 6.58. The number of carbonyl (C=O) groups is 1. The molecule has 5 heteroatoms. The van der Waals surface area contributed by atoms with Crippen LogP contribution in [-0.2, 0) is 11.2 Å². The third-order valence-electron chi connectivity index (χ3n) is 3.42. The summed E-state index contributed by atoms with van der Waals surface area (Å²) in [6.07, 6.45) is 4.02. The molecule has 2 aromatic heterocycles. The molecule has 0 saturated carbocycles. The Labute approximate surface area is 133 Å². The van der Waals surface area contributed by atoms with Crippen molar-refractivity contribution in [1.29, 1.82) is 0 Å². The van der Waals surface area contributed by atoms with E-state index in [4.69, 9.17) is 0 Å². The van der Waals surface area contributed by atoms with Gasteiger partial charge in [-0.3, -0.25) is 4.79 Å². The van der Waals surface area contributed by atoms with Gasteiger partial charge in [-0.15, -0.1) is 11.3 Å². The number of amides is 1. The molecule has 0 fully saturated rings. The lowest BCUT2D eigenvalue weighted by atomic mass is 10.1. The average molecular weight is 311 g/mol. The minimum absolute atomic E-state index is 0.0349. The molecule has 4 nitrogen and oxygen atoms in total. The highest BCUT2D eigenvalue weighted by atomic mass is 32.1. The van der Waals surface area contributed by atoms with Crippen molar-refractivity contribution in [3.8, 4) is 5.69 Å². The van der Waals surface area contributed by atoms with Crippen molar-refractivity contribution < 1.29 is 4.79 Å². The van der Waals surface area contributed by atoms with Gasteiger partial charge in [0.05, 0.1) is 18.2 Å². The van der Waals surface area contributed by atoms with Gasteiger partial charge in [0.2, 0.25) is 5.91 Å². The highest BCUT2D eigenvalue weighted by Gasteiger charge is 2.10. The summed E-state index contributed by atoms with van der Waals surface area (Å²) >= 11 is 1.66. The molecular weight excluding hydrogens is 294 g/mol. The quantitative estimate of drug-likeness (QED) is 0.785. The molecule has 1 aromatic carbocycles. The molecule has 0 spiro atoms. The van der Waals surface area contributed by atoms with Crippen LogP contribution in [0.25, 0.3) is 5.69 Å². The van der Waals surface area contributed by atoms with Gasteiger partial charge in [-0.1, -0.05) is 18.2 Å². The Bertz CT molecular complexity index is 718.